The molecule has 4 aliphatic heterocycles. The SMILES string of the molecule is CC1N(c2nc(N3C[C@@H]4C(CC(=O)O)[C@@H]4C3)c3c(n2)C(F)(F)CCC3)CC1(F)F.COC(=O)CC1[C@H]2CN(c3nc(N4CC(F)(F)C4C)nc4c3CCCC4(F)F)C[C@@H]12. The van der Waals surface area contributed by atoms with E-state index in [1.165, 1.54) is 30.8 Å². The number of fused-ring (bicyclic) bond motifs is 4. The molecule has 2 aromatic rings. The molecular weight excluding hydrogens is 796 g/mol. The highest BCUT2D eigenvalue weighted by atomic mass is 19.3. The van der Waals surface area contributed by atoms with Gasteiger partial charge in [0.25, 0.3) is 23.7 Å². The van der Waals surface area contributed by atoms with Gasteiger partial charge in [0.15, 0.2) is 0 Å². The smallest absolute Gasteiger partial charge is 0.305 e. The predicted molar refractivity (Wildman–Crippen MR) is 195 cm³/mol. The Hall–Kier alpha value is -4.26. The average molecular weight is 843 g/mol. The Morgan fingerprint density at radius 2 is 1.05 bits per heavy atom. The first kappa shape index (κ1) is 40.2. The number of rotatable bonds is 8. The summed E-state index contributed by atoms with van der Waals surface area (Å²) in [5, 5.41) is 8.99. The molecule has 322 valence electrons. The number of alkyl halides is 8. The van der Waals surface area contributed by atoms with Crippen LogP contribution in [0.25, 0.3) is 0 Å². The molecule has 20 heteroatoms. The molecule has 10 rings (SSSR count). The summed E-state index contributed by atoms with van der Waals surface area (Å²) in [4.78, 5) is 46.1. The van der Waals surface area contributed by atoms with Crippen LogP contribution in [0.3, 0.4) is 0 Å². The van der Waals surface area contributed by atoms with Gasteiger partial charge in [-0.3, -0.25) is 9.59 Å². The molecule has 4 saturated heterocycles. The standard InChI is InChI=1S/C20H24F4N4O2.C19H22F4N4O2/c1-10-20(23,24)9-28(10)18-25-16-11(4-3-5-19(16,21)22)17(26-18)27-7-13-12(14(13)8-27)6-15(29)30-2;1-9-19(22,23)8-27(9)17-24-15-10(3-2-4-18(15,20)21)16(25-17)26-6-12-11(5-14(28)29)13(12)7-26/h10,12-14H,3-9H2,1-2H3;9,11-13H,2-8H2,1H3,(H,28,29)/t10?,12?,13-,14+;9?,11?,12-,13+. The fourth-order valence-corrected chi connectivity index (χ4v) is 10.4. The normalized spacial score (nSPS) is 33.3. The summed E-state index contributed by atoms with van der Waals surface area (Å²) in [6, 6.07) is -2.27. The van der Waals surface area contributed by atoms with E-state index in [2.05, 4.69) is 19.9 Å². The van der Waals surface area contributed by atoms with Crippen molar-refractivity contribution in [2.24, 2.45) is 35.5 Å². The van der Waals surface area contributed by atoms with Crippen LogP contribution in [0.5, 0.6) is 0 Å². The summed E-state index contributed by atoms with van der Waals surface area (Å²) < 4.78 is 118. The molecule has 6 heterocycles. The second kappa shape index (κ2) is 13.6. The van der Waals surface area contributed by atoms with E-state index in [1.807, 2.05) is 9.80 Å². The van der Waals surface area contributed by atoms with Gasteiger partial charge < -0.3 is 29.4 Å². The van der Waals surface area contributed by atoms with Gasteiger partial charge in [-0.25, -0.2) is 27.5 Å². The number of nitrogens with zero attached hydrogens (tertiary/aromatic N) is 8. The van der Waals surface area contributed by atoms with Crippen LogP contribution < -0.4 is 19.6 Å². The lowest BCUT2D eigenvalue weighted by Gasteiger charge is -2.46. The zero-order valence-corrected chi connectivity index (χ0v) is 32.8. The molecule has 8 atom stereocenters. The third kappa shape index (κ3) is 6.77. The van der Waals surface area contributed by atoms with Crippen molar-refractivity contribution in [3.63, 3.8) is 0 Å². The number of carbonyl (C=O) groups excluding carboxylic acids is 1. The zero-order chi connectivity index (χ0) is 42.1. The highest BCUT2D eigenvalue weighted by Crippen LogP contribution is 2.57. The number of piperidine rings is 2. The molecule has 1 N–H and O–H groups in total. The van der Waals surface area contributed by atoms with Crippen molar-refractivity contribution < 1.29 is 54.6 Å². The molecule has 4 aliphatic carbocycles. The number of halogens is 8. The molecule has 59 heavy (non-hydrogen) atoms. The number of esters is 1. The summed E-state index contributed by atoms with van der Waals surface area (Å²) >= 11 is 0. The number of methoxy groups -OCH3 is 1. The molecule has 2 saturated carbocycles. The van der Waals surface area contributed by atoms with Crippen LogP contribution in [-0.4, -0.2) is 107 Å². The highest BCUT2D eigenvalue weighted by Gasteiger charge is 2.60. The van der Waals surface area contributed by atoms with Gasteiger partial charge in [-0.15, -0.1) is 0 Å². The second-order valence-corrected chi connectivity index (χ2v) is 17.8. The molecular formula is C39H46F8N8O4. The molecule has 0 radical (unpaired) electrons. The Morgan fingerprint density at radius 1 is 0.661 bits per heavy atom. The van der Waals surface area contributed by atoms with Crippen molar-refractivity contribution >= 4 is 35.5 Å². The molecule has 12 nitrogen and oxygen atoms in total. The Balaban J connectivity index is 0.000000152. The Kier molecular flexibility index (Phi) is 9.27. The molecule has 6 fully saturated rings. The van der Waals surface area contributed by atoms with E-state index in [-0.39, 0.29) is 72.2 Å². The molecule has 0 spiro atoms. The first-order valence-corrected chi connectivity index (χ1v) is 20.4. The van der Waals surface area contributed by atoms with Crippen molar-refractivity contribution in [3.05, 3.63) is 22.5 Å². The molecule has 0 amide bonds. The van der Waals surface area contributed by atoms with Crippen molar-refractivity contribution in [2.45, 2.75) is 101 Å². The van der Waals surface area contributed by atoms with E-state index in [9.17, 15) is 44.7 Å². The van der Waals surface area contributed by atoms with Gasteiger partial charge in [0.05, 0.1) is 32.3 Å². The van der Waals surface area contributed by atoms with Crippen LogP contribution in [0.1, 0.15) is 74.9 Å². The van der Waals surface area contributed by atoms with Crippen LogP contribution in [0.2, 0.25) is 0 Å². The molecule has 0 aromatic carbocycles. The Labute approximate surface area is 334 Å². The number of hydrogen-bond donors (Lipinski definition) is 1. The average Bonchev–Trinajstić information content (AvgIpc) is 3.79. The second-order valence-electron chi connectivity index (χ2n) is 17.8. The molecule has 0 bridgehead atoms. The van der Waals surface area contributed by atoms with E-state index in [4.69, 9.17) is 9.84 Å². The van der Waals surface area contributed by atoms with E-state index in [0.717, 1.165) is 0 Å². The van der Waals surface area contributed by atoms with Crippen LogP contribution in [0.4, 0.5) is 58.7 Å². The van der Waals surface area contributed by atoms with E-state index in [1.54, 1.807) is 0 Å². The predicted octanol–water partition coefficient (Wildman–Crippen LogP) is 5.90. The van der Waals surface area contributed by atoms with Crippen molar-refractivity contribution in [3.8, 4) is 0 Å². The topological polar surface area (TPSA) is 128 Å². The van der Waals surface area contributed by atoms with E-state index >= 15 is 0 Å². The minimum atomic E-state index is -3.11. The first-order chi connectivity index (χ1) is 27.7. The maximum absolute atomic E-state index is 14.7. The molecule has 4 unspecified atom stereocenters. The Morgan fingerprint density at radius 3 is 1.39 bits per heavy atom. The van der Waals surface area contributed by atoms with Gasteiger partial charge >= 0.3 is 11.9 Å². The number of aliphatic carboxylic acids is 1. The lowest BCUT2D eigenvalue weighted by atomic mass is 9.92. The third-order valence-electron chi connectivity index (χ3n) is 14.3. The van der Waals surface area contributed by atoms with Crippen molar-refractivity contribution in [2.75, 3.05) is 66.0 Å². The van der Waals surface area contributed by atoms with Crippen molar-refractivity contribution in [1.82, 2.24) is 19.9 Å². The summed E-state index contributed by atoms with van der Waals surface area (Å²) in [6.45, 7) is 3.90. The van der Waals surface area contributed by atoms with E-state index < -0.39 is 54.8 Å². The Bertz CT molecular complexity index is 2040. The zero-order valence-electron chi connectivity index (χ0n) is 32.8. The summed E-state index contributed by atoms with van der Waals surface area (Å²) in [7, 11) is 1.36. The monoisotopic (exact) mass is 842 g/mol. The van der Waals surface area contributed by atoms with Gasteiger partial charge in [0, 0.05) is 63.0 Å². The van der Waals surface area contributed by atoms with E-state index in [0.29, 0.717) is 92.9 Å². The summed E-state index contributed by atoms with van der Waals surface area (Å²) in [5.41, 5.74) is 0.179. The number of ether oxygens (including phenoxy) is 1. The van der Waals surface area contributed by atoms with Gasteiger partial charge in [-0.1, -0.05) is 0 Å². The van der Waals surface area contributed by atoms with Crippen LogP contribution >= 0.6 is 0 Å². The highest BCUT2D eigenvalue weighted by molar-refractivity contribution is 5.70. The number of carbonyl (C=O) groups is 2. The van der Waals surface area contributed by atoms with Gasteiger partial charge in [0.2, 0.25) is 11.9 Å². The van der Waals surface area contributed by atoms with Gasteiger partial charge in [-0.05, 0) is 75.0 Å². The maximum atomic E-state index is 14.7. The van der Waals surface area contributed by atoms with Crippen LogP contribution in [0, 0.1) is 35.5 Å². The number of hydrogen-bond acceptors (Lipinski definition) is 11. The lowest BCUT2D eigenvalue weighted by Crippen LogP contribution is -2.64. The quantitative estimate of drug-likeness (QED) is 0.251. The van der Waals surface area contributed by atoms with Crippen LogP contribution in [0.15, 0.2) is 0 Å². The fourth-order valence-electron chi connectivity index (χ4n) is 10.4. The lowest BCUT2D eigenvalue weighted by molar-refractivity contribution is -0.141. The number of aromatic nitrogens is 4. The largest absolute Gasteiger partial charge is 0.481 e. The minimum Gasteiger partial charge on any atom is -0.481 e. The minimum absolute atomic E-state index is 0.0459. The first-order valence-electron chi connectivity index (χ1n) is 20.4. The number of carboxylic acids is 1. The molecule has 2 aromatic heterocycles. The third-order valence-corrected chi connectivity index (χ3v) is 14.3. The summed E-state index contributed by atoms with van der Waals surface area (Å²) in [5.74, 6) is -10.9. The van der Waals surface area contributed by atoms with Crippen LogP contribution in [-0.2, 0) is 39.0 Å². The fraction of sp³-hybridized carbons (Fsp3) is 0.744. The number of anilines is 4. The van der Waals surface area contributed by atoms with Crippen molar-refractivity contribution in [1.29, 1.82) is 0 Å². The van der Waals surface area contributed by atoms with Gasteiger partial charge in [0.1, 0.15) is 23.0 Å². The number of carboxylic acid groups (broad SMARTS) is 1. The molecule has 8 aliphatic rings. The summed E-state index contributed by atoms with van der Waals surface area (Å²) in [6.07, 6.45) is 1.40. The maximum Gasteiger partial charge on any atom is 0.305 e. The van der Waals surface area contributed by atoms with Gasteiger partial charge in [-0.2, -0.15) is 27.5 Å².